The zero-order valence-corrected chi connectivity index (χ0v) is 17.6. The molecule has 0 aliphatic heterocycles. The number of rotatable bonds is 6. The van der Waals surface area contributed by atoms with Crippen LogP contribution < -0.4 is 10.9 Å². The first-order chi connectivity index (χ1) is 14.4. The van der Waals surface area contributed by atoms with Crippen LogP contribution in [0, 0.1) is 5.41 Å². The van der Waals surface area contributed by atoms with Gasteiger partial charge < -0.3 is 10.3 Å². The third-order valence-electron chi connectivity index (χ3n) is 5.97. The summed E-state index contributed by atoms with van der Waals surface area (Å²) in [4.78, 5) is 32.4. The Bertz CT molecular complexity index is 1100. The van der Waals surface area contributed by atoms with Crippen molar-refractivity contribution in [1.82, 2.24) is 15.3 Å². The highest BCUT2D eigenvalue weighted by Crippen LogP contribution is 2.54. The van der Waals surface area contributed by atoms with Crippen molar-refractivity contribution >= 4 is 5.91 Å². The lowest BCUT2D eigenvalue weighted by Crippen LogP contribution is -2.34. The van der Waals surface area contributed by atoms with Gasteiger partial charge >= 0.3 is 0 Å². The summed E-state index contributed by atoms with van der Waals surface area (Å²) in [5, 5.41) is 3.15. The number of aromatic nitrogens is 2. The average Bonchev–Trinajstić information content (AvgIpc) is 3.50. The molecule has 2 N–H and O–H groups in total. The fraction of sp³-hybridized carbons (Fsp3) is 0.320. The minimum absolute atomic E-state index is 0.0263. The topological polar surface area (TPSA) is 74.8 Å². The van der Waals surface area contributed by atoms with E-state index >= 15 is 0 Å². The molecule has 1 aromatic heterocycles. The largest absolute Gasteiger partial charge is 0.343 e. The van der Waals surface area contributed by atoms with Crippen molar-refractivity contribution in [1.29, 1.82) is 0 Å². The number of carbonyl (C=O) groups excluding carboxylic acids is 1. The van der Waals surface area contributed by atoms with Crippen molar-refractivity contribution in [2.45, 2.75) is 45.6 Å². The molecule has 0 bridgehead atoms. The Morgan fingerprint density at radius 3 is 2.27 bits per heavy atom. The van der Waals surface area contributed by atoms with E-state index in [1.165, 1.54) is 11.6 Å². The van der Waals surface area contributed by atoms with Crippen LogP contribution in [0.25, 0.3) is 11.4 Å². The van der Waals surface area contributed by atoms with Gasteiger partial charge in [0.15, 0.2) is 0 Å². The maximum absolute atomic E-state index is 13.1. The molecule has 30 heavy (non-hydrogen) atoms. The third kappa shape index (κ3) is 4.20. The molecule has 5 nitrogen and oxygen atoms in total. The Kier molecular flexibility index (Phi) is 5.29. The second-order valence-electron chi connectivity index (χ2n) is 8.73. The van der Waals surface area contributed by atoms with Crippen LogP contribution in [0.15, 0.2) is 65.5 Å². The molecule has 1 aliphatic carbocycles. The molecule has 1 unspecified atom stereocenters. The summed E-state index contributed by atoms with van der Waals surface area (Å²) >= 11 is 0. The van der Waals surface area contributed by atoms with Crippen LogP contribution in [0.2, 0.25) is 0 Å². The maximum Gasteiger partial charge on any atom is 0.270 e. The zero-order chi connectivity index (χ0) is 21.3. The summed E-state index contributed by atoms with van der Waals surface area (Å²) in [6.07, 6.45) is 2.11. The smallest absolute Gasteiger partial charge is 0.270 e. The second-order valence-corrected chi connectivity index (χ2v) is 8.73. The van der Waals surface area contributed by atoms with Gasteiger partial charge in [0.2, 0.25) is 0 Å². The number of nitrogens with one attached hydrogen (secondary N) is 2. The Morgan fingerprint density at radius 2 is 1.67 bits per heavy atom. The first-order valence-electron chi connectivity index (χ1n) is 10.4. The van der Waals surface area contributed by atoms with E-state index in [-0.39, 0.29) is 28.6 Å². The summed E-state index contributed by atoms with van der Waals surface area (Å²) in [6, 6.07) is 18.9. The number of amides is 1. The van der Waals surface area contributed by atoms with Crippen LogP contribution in [0.5, 0.6) is 0 Å². The summed E-state index contributed by atoms with van der Waals surface area (Å²) in [5.41, 5.74) is 2.93. The summed E-state index contributed by atoms with van der Waals surface area (Å²) in [6.45, 7) is 6.52. The van der Waals surface area contributed by atoms with E-state index < -0.39 is 0 Å². The van der Waals surface area contributed by atoms with Gasteiger partial charge in [-0.3, -0.25) is 9.59 Å². The van der Waals surface area contributed by atoms with Crippen LogP contribution in [0.4, 0.5) is 0 Å². The summed E-state index contributed by atoms with van der Waals surface area (Å²) in [7, 11) is 0. The van der Waals surface area contributed by atoms with Crippen LogP contribution >= 0.6 is 0 Å². The number of hydrogen-bond donors (Lipinski definition) is 2. The second kappa shape index (κ2) is 7.90. The van der Waals surface area contributed by atoms with E-state index in [1.54, 1.807) is 0 Å². The molecule has 1 aliphatic rings. The highest BCUT2D eigenvalue weighted by molar-refractivity contribution is 5.93. The molecule has 0 radical (unpaired) electrons. The van der Waals surface area contributed by atoms with Gasteiger partial charge in [-0.1, -0.05) is 75.4 Å². The van der Waals surface area contributed by atoms with Gasteiger partial charge in [-0.15, -0.1) is 0 Å². The lowest BCUT2D eigenvalue weighted by molar-refractivity contribution is 0.0913. The van der Waals surface area contributed by atoms with Gasteiger partial charge in [0.1, 0.15) is 11.5 Å². The molecule has 1 fully saturated rings. The Labute approximate surface area is 176 Å². The number of aromatic amines is 1. The van der Waals surface area contributed by atoms with Crippen LogP contribution in [-0.4, -0.2) is 15.9 Å². The number of hydrogen-bond acceptors (Lipinski definition) is 3. The van der Waals surface area contributed by atoms with Crippen LogP contribution in [0.1, 0.15) is 67.2 Å². The molecule has 0 spiro atoms. The molecule has 1 amide bonds. The molecular formula is C25H27N3O2. The van der Waals surface area contributed by atoms with Gasteiger partial charge in [-0.05, 0) is 35.3 Å². The fourth-order valence-electron chi connectivity index (χ4n) is 3.73. The monoisotopic (exact) mass is 401 g/mol. The number of carbonyl (C=O) groups is 1. The van der Waals surface area contributed by atoms with E-state index in [1.807, 2.05) is 30.3 Å². The Hall–Kier alpha value is -3.21. The van der Waals surface area contributed by atoms with Gasteiger partial charge in [-0.2, -0.15) is 0 Å². The number of nitrogens with zero attached hydrogens (tertiary/aromatic N) is 1. The Balaban J connectivity index is 1.62. The minimum Gasteiger partial charge on any atom is -0.343 e. The highest BCUT2D eigenvalue weighted by Gasteiger charge is 2.46. The van der Waals surface area contributed by atoms with Gasteiger partial charge in [0.05, 0.1) is 6.04 Å². The average molecular weight is 402 g/mol. The quantitative estimate of drug-likeness (QED) is 0.621. The first kappa shape index (κ1) is 20.1. The maximum atomic E-state index is 13.1. The minimum atomic E-state index is -0.343. The van der Waals surface area contributed by atoms with E-state index in [2.05, 4.69) is 60.3 Å². The normalized spacial score (nSPS) is 15.6. The van der Waals surface area contributed by atoms with Crippen molar-refractivity contribution in [2.75, 3.05) is 0 Å². The lowest BCUT2D eigenvalue weighted by Gasteiger charge is -2.26. The standard InChI is InChI=1S/C25H27N3O2/c1-16(2)17-9-11-18(12-10-17)22(25(3)13-14-25)28-24(30)20-15-21(29)27-23(26-20)19-7-5-4-6-8-19/h4-12,15-16,22H,13-14H2,1-3H3,(H,28,30)(H,26,27,29). The molecular weight excluding hydrogens is 374 g/mol. The highest BCUT2D eigenvalue weighted by atomic mass is 16.2. The molecule has 5 heteroatoms. The summed E-state index contributed by atoms with van der Waals surface area (Å²) in [5.74, 6) is 0.522. The van der Waals surface area contributed by atoms with E-state index in [0.717, 1.165) is 24.0 Å². The van der Waals surface area contributed by atoms with E-state index in [4.69, 9.17) is 0 Å². The van der Waals surface area contributed by atoms with E-state index in [0.29, 0.717) is 11.7 Å². The van der Waals surface area contributed by atoms with Gasteiger partial charge in [0.25, 0.3) is 11.5 Å². The Morgan fingerprint density at radius 1 is 1.03 bits per heavy atom. The fourth-order valence-corrected chi connectivity index (χ4v) is 3.73. The molecule has 2 aromatic carbocycles. The first-order valence-corrected chi connectivity index (χ1v) is 10.4. The summed E-state index contributed by atoms with van der Waals surface area (Å²) < 4.78 is 0. The lowest BCUT2D eigenvalue weighted by atomic mass is 9.90. The molecule has 1 saturated carbocycles. The van der Waals surface area contributed by atoms with Gasteiger partial charge in [0, 0.05) is 11.6 Å². The van der Waals surface area contributed by atoms with Crippen LogP contribution in [0.3, 0.4) is 0 Å². The number of benzene rings is 2. The molecule has 3 aromatic rings. The SMILES string of the molecule is CC(C)c1ccc(C(NC(=O)c2cc(=O)[nH]c(-c3ccccc3)n2)C2(C)CC2)cc1. The molecule has 1 atom stereocenters. The van der Waals surface area contributed by atoms with Crippen molar-refractivity contribution in [3.8, 4) is 11.4 Å². The number of H-pyrrole nitrogens is 1. The zero-order valence-electron chi connectivity index (χ0n) is 17.6. The molecule has 0 saturated heterocycles. The predicted molar refractivity (Wildman–Crippen MR) is 118 cm³/mol. The molecule has 1 heterocycles. The predicted octanol–water partition coefficient (Wildman–Crippen LogP) is 4.83. The van der Waals surface area contributed by atoms with Crippen molar-refractivity contribution < 1.29 is 4.79 Å². The molecule has 4 rings (SSSR count). The van der Waals surface area contributed by atoms with Crippen LogP contribution in [-0.2, 0) is 0 Å². The molecule has 154 valence electrons. The van der Waals surface area contributed by atoms with Gasteiger partial charge in [-0.25, -0.2) is 4.98 Å². The van der Waals surface area contributed by atoms with E-state index in [9.17, 15) is 9.59 Å². The van der Waals surface area contributed by atoms with Crippen molar-refractivity contribution in [3.05, 3.63) is 87.8 Å². The van der Waals surface area contributed by atoms with Crippen molar-refractivity contribution in [3.63, 3.8) is 0 Å². The van der Waals surface area contributed by atoms with Crippen molar-refractivity contribution in [2.24, 2.45) is 5.41 Å². The third-order valence-corrected chi connectivity index (χ3v) is 5.97.